The van der Waals surface area contributed by atoms with Crippen LogP contribution in [-0.4, -0.2) is 25.5 Å². The third-order valence-electron chi connectivity index (χ3n) is 3.57. The molecule has 21 heavy (non-hydrogen) atoms. The summed E-state index contributed by atoms with van der Waals surface area (Å²) in [6, 6.07) is 6.97. The molecule has 6 nitrogen and oxygen atoms in total. The van der Waals surface area contributed by atoms with Crippen LogP contribution in [0.1, 0.15) is 29.8 Å². The third kappa shape index (κ3) is 2.19. The molecule has 2 aromatic carbocycles. The normalized spacial score (nSPS) is 20.6. The third-order valence-corrected chi connectivity index (χ3v) is 3.57. The predicted molar refractivity (Wildman–Crippen MR) is 72.5 cm³/mol. The Morgan fingerprint density at radius 1 is 0.905 bits per heavy atom. The summed E-state index contributed by atoms with van der Waals surface area (Å²) in [5.41, 5.74) is 0.933. The van der Waals surface area contributed by atoms with Crippen molar-refractivity contribution in [2.24, 2.45) is 0 Å². The van der Waals surface area contributed by atoms with Gasteiger partial charge in [-0.2, -0.15) is 0 Å². The van der Waals surface area contributed by atoms with E-state index in [1.165, 1.54) is 24.3 Å². The van der Waals surface area contributed by atoms with Crippen LogP contribution in [0, 0.1) is 0 Å². The maximum Gasteiger partial charge on any atom is 0.200 e. The zero-order valence-electron chi connectivity index (χ0n) is 10.9. The number of hydrogen-bond acceptors (Lipinski definition) is 6. The largest absolute Gasteiger partial charge is 0.504 e. The summed E-state index contributed by atoms with van der Waals surface area (Å²) in [5, 5.41) is 48.4. The lowest BCUT2D eigenvalue weighted by Gasteiger charge is -2.30. The zero-order chi connectivity index (χ0) is 15.1. The molecule has 0 saturated carbocycles. The van der Waals surface area contributed by atoms with E-state index in [0.717, 1.165) is 0 Å². The van der Waals surface area contributed by atoms with Gasteiger partial charge < -0.3 is 30.3 Å². The highest BCUT2D eigenvalue weighted by atomic mass is 16.5. The average Bonchev–Trinajstić information content (AvgIpc) is 2.46. The van der Waals surface area contributed by atoms with Crippen molar-refractivity contribution in [3.8, 4) is 28.7 Å². The number of phenolic OH excluding ortho intramolecular Hbond substituents is 4. The molecule has 6 heteroatoms. The first-order chi connectivity index (χ1) is 9.97. The number of benzene rings is 2. The number of aliphatic hydroxyl groups is 1. The lowest BCUT2D eigenvalue weighted by atomic mass is 9.94. The van der Waals surface area contributed by atoms with Crippen molar-refractivity contribution < 1.29 is 30.3 Å². The Labute approximate surface area is 120 Å². The lowest BCUT2D eigenvalue weighted by molar-refractivity contribution is 0.0625. The molecule has 0 amide bonds. The molecule has 5 N–H and O–H groups in total. The van der Waals surface area contributed by atoms with Gasteiger partial charge in [0.05, 0.1) is 6.10 Å². The van der Waals surface area contributed by atoms with E-state index in [1.54, 1.807) is 6.07 Å². The molecule has 1 aliphatic rings. The monoisotopic (exact) mass is 290 g/mol. The number of rotatable bonds is 1. The van der Waals surface area contributed by atoms with Gasteiger partial charge in [-0.1, -0.05) is 6.07 Å². The Balaban J connectivity index is 2.01. The fourth-order valence-electron chi connectivity index (χ4n) is 2.43. The second kappa shape index (κ2) is 4.75. The van der Waals surface area contributed by atoms with Gasteiger partial charge >= 0.3 is 0 Å². The van der Waals surface area contributed by atoms with Crippen molar-refractivity contribution in [3.63, 3.8) is 0 Å². The minimum Gasteiger partial charge on any atom is -0.504 e. The van der Waals surface area contributed by atoms with Crippen LogP contribution < -0.4 is 4.74 Å². The summed E-state index contributed by atoms with van der Waals surface area (Å²) in [5.74, 6) is -1.30. The van der Waals surface area contributed by atoms with Gasteiger partial charge in [-0.05, 0) is 29.8 Å². The minimum atomic E-state index is -0.874. The molecule has 0 spiro atoms. The Hall–Kier alpha value is -2.60. The Kier molecular flexibility index (Phi) is 3.03. The first-order valence-corrected chi connectivity index (χ1v) is 6.39. The molecular formula is C15H14O6. The van der Waals surface area contributed by atoms with E-state index in [0.29, 0.717) is 11.1 Å². The van der Waals surface area contributed by atoms with Crippen molar-refractivity contribution in [1.82, 2.24) is 0 Å². The standard InChI is InChI=1S/C15H14O6/c16-9-3-1-7(5-12(9)19)13-6-11(18)8-2-4-10(17)14(20)15(8)21-13/h1-5,11,13,16-20H,6H2/t11-,13-/m0/s1. The van der Waals surface area contributed by atoms with Crippen LogP contribution in [0.4, 0.5) is 0 Å². The van der Waals surface area contributed by atoms with Crippen molar-refractivity contribution >= 4 is 0 Å². The van der Waals surface area contributed by atoms with E-state index in [2.05, 4.69) is 0 Å². The molecule has 1 aliphatic heterocycles. The van der Waals surface area contributed by atoms with E-state index in [9.17, 15) is 25.5 Å². The van der Waals surface area contributed by atoms with Crippen LogP contribution >= 0.6 is 0 Å². The topological polar surface area (TPSA) is 110 Å². The van der Waals surface area contributed by atoms with Gasteiger partial charge in [-0.3, -0.25) is 0 Å². The molecule has 0 aromatic heterocycles. The summed E-state index contributed by atoms with van der Waals surface area (Å²) in [4.78, 5) is 0. The first kappa shape index (κ1) is 13.4. The van der Waals surface area contributed by atoms with Gasteiger partial charge in [-0.25, -0.2) is 0 Å². The van der Waals surface area contributed by atoms with E-state index < -0.39 is 18.0 Å². The highest BCUT2D eigenvalue weighted by molar-refractivity contribution is 5.56. The van der Waals surface area contributed by atoms with Crippen LogP contribution in [0.15, 0.2) is 30.3 Å². The van der Waals surface area contributed by atoms with Crippen LogP contribution in [0.2, 0.25) is 0 Å². The Bertz CT molecular complexity index is 697. The van der Waals surface area contributed by atoms with E-state index in [4.69, 9.17) is 4.74 Å². The number of aromatic hydroxyl groups is 4. The lowest BCUT2D eigenvalue weighted by Crippen LogP contribution is -2.19. The molecule has 0 bridgehead atoms. The number of fused-ring (bicyclic) bond motifs is 1. The molecule has 0 saturated heterocycles. The van der Waals surface area contributed by atoms with Crippen LogP contribution in [0.5, 0.6) is 28.7 Å². The first-order valence-electron chi connectivity index (χ1n) is 6.39. The molecule has 0 radical (unpaired) electrons. The van der Waals surface area contributed by atoms with Gasteiger partial charge in [0.25, 0.3) is 0 Å². The van der Waals surface area contributed by atoms with Crippen molar-refractivity contribution in [3.05, 3.63) is 41.5 Å². The maximum absolute atomic E-state index is 10.1. The summed E-state index contributed by atoms with van der Waals surface area (Å²) in [6.07, 6.45) is -1.27. The van der Waals surface area contributed by atoms with Crippen LogP contribution in [0.3, 0.4) is 0 Å². The number of hydrogen-bond donors (Lipinski definition) is 5. The average molecular weight is 290 g/mol. The molecule has 1 heterocycles. The molecule has 0 aliphatic carbocycles. The molecule has 2 aromatic rings. The molecular weight excluding hydrogens is 276 g/mol. The Morgan fingerprint density at radius 2 is 1.62 bits per heavy atom. The second-order valence-electron chi connectivity index (χ2n) is 4.96. The highest BCUT2D eigenvalue weighted by Crippen LogP contribution is 2.48. The Morgan fingerprint density at radius 3 is 2.33 bits per heavy atom. The number of ether oxygens (including phenoxy) is 1. The fraction of sp³-hybridized carbons (Fsp3) is 0.200. The molecule has 110 valence electrons. The molecule has 0 unspecified atom stereocenters. The van der Waals surface area contributed by atoms with Crippen molar-refractivity contribution in [1.29, 1.82) is 0 Å². The summed E-state index contributed by atoms with van der Waals surface area (Å²) in [6.45, 7) is 0. The molecule has 0 fully saturated rings. The van der Waals surface area contributed by atoms with Crippen LogP contribution in [-0.2, 0) is 0 Å². The maximum atomic E-state index is 10.1. The predicted octanol–water partition coefficient (Wildman–Crippen LogP) is 2.07. The smallest absolute Gasteiger partial charge is 0.200 e. The highest BCUT2D eigenvalue weighted by Gasteiger charge is 2.31. The summed E-state index contributed by atoms with van der Waals surface area (Å²) < 4.78 is 5.63. The van der Waals surface area contributed by atoms with Crippen molar-refractivity contribution in [2.45, 2.75) is 18.6 Å². The van der Waals surface area contributed by atoms with Crippen LogP contribution in [0.25, 0.3) is 0 Å². The van der Waals surface area contributed by atoms with Gasteiger partial charge in [0.2, 0.25) is 5.75 Å². The van der Waals surface area contributed by atoms with Gasteiger partial charge in [0.1, 0.15) is 6.10 Å². The van der Waals surface area contributed by atoms with E-state index >= 15 is 0 Å². The SMILES string of the molecule is Oc1ccc([C@@H]2C[C@H](O)c3ccc(O)c(O)c3O2)cc1O. The van der Waals surface area contributed by atoms with Crippen molar-refractivity contribution in [2.75, 3.05) is 0 Å². The number of phenols is 4. The van der Waals surface area contributed by atoms with E-state index in [1.807, 2.05) is 0 Å². The molecule has 3 rings (SSSR count). The van der Waals surface area contributed by atoms with Gasteiger partial charge in [0, 0.05) is 12.0 Å². The van der Waals surface area contributed by atoms with Gasteiger partial charge in [0.15, 0.2) is 23.0 Å². The zero-order valence-corrected chi connectivity index (χ0v) is 10.9. The molecule has 2 atom stereocenters. The minimum absolute atomic E-state index is 0.0197. The summed E-state index contributed by atoms with van der Waals surface area (Å²) >= 11 is 0. The summed E-state index contributed by atoms with van der Waals surface area (Å²) in [7, 11) is 0. The van der Waals surface area contributed by atoms with Gasteiger partial charge in [-0.15, -0.1) is 0 Å². The second-order valence-corrected chi connectivity index (χ2v) is 4.96. The quantitative estimate of drug-likeness (QED) is 0.514. The fourth-order valence-corrected chi connectivity index (χ4v) is 2.43. The number of aliphatic hydroxyl groups excluding tert-OH is 1. The van der Waals surface area contributed by atoms with E-state index in [-0.39, 0.29) is 29.4 Å².